The summed E-state index contributed by atoms with van der Waals surface area (Å²) >= 11 is 0. The van der Waals surface area contributed by atoms with Crippen LogP contribution in [0.25, 0.3) is 0 Å². The quantitative estimate of drug-likeness (QED) is 0.799. The molecule has 0 amide bonds. The maximum atomic E-state index is 12.5. The molecule has 1 heterocycles. The van der Waals surface area contributed by atoms with E-state index in [1.807, 2.05) is 30.3 Å². The monoisotopic (exact) mass is 305 g/mol. The standard InChI is InChI=1S/C15H11BF3NO2/c17-15(18,19)12-6-8-13(9-7-12)16-21-10-14(20-22-16)11-4-2-1-3-5-11/h1-9H,10H2. The number of rotatable bonds is 2. The number of hydrogen-bond acceptors (Lipinski definition) is 3. The molecule has 0 spiro atoms. The molecule has 3 nitrogen and oxygen atoms in total. The lowest BCUT2D eigenvalue weighted by atomic mass is 9.78. The zero-order valence-electron chi connectivity index (χ0n) is 11.4. The second-order valence-corrected chi connectivity index (χ2v) is 4.77. The molecule has 0 unspecified atom stereocenters. The predicted molar refractivity (Wildman–Crippen MR) is 76.8 cm³/mol. The van der Waals surface area contributed by atoms with Crippen LogP contribution in [0.4, 0.5) is 13.2 Å². The third-order valence-electron chi connectivity index (χ3n) is 3.25. The van der Waals surface area contributed by atoms with Gasteiger partial charge in [0.1, 0.15) is 5.71 Å². The Morgan fingerprint density at radius 2 is 1.64 bits per heavy atom. The fourth-order valence-electron chi connectivity index (χ4n) is 2.08. The van der Waals surface area contributed by atoms with E-state index in [0.717, 1.165) is 17.7 Å². The highest BCUT2D eigenvalue weighted by molar-refractivity contribution is 6.61. The molecule has 0 atom stereocenters. The first-order valence-corrected chi connectivity index (χ1v) is 6.61. The lowest BCUT2D eigenvalue weighted by molar-refractivity contribution is -0.137. The Bertz CT molecular complexity index is 671. The molecule has 2 aromatic rings. The van der Waals surface area contributed by atoms with Crippen LogP contribution in [-0.4, -0.2) is 19.4 Å². The van der Waals surface area contributed by atoms with E-state index in [1.165, 1.54) is 12.1 Å². The molecule has 0 saturated carbocycles. The average Bonchev–Trinajstić information content (AvgIpc) is 2.55. The van der Waals surface area contributed by atoms with Gasteiger partial charge in [-0.05, 0) is 5.46 Å². The van der Waals surface area contributed by atoms with Crippen molar-refractivity contribution >= 4 is 18.3 Å². The van der Waals surface area contributed by atoms with E-state index in [4.69, 9.17) is 9.41 Å². The molecule has 7 heteroatoms. The highest BCUT2D eigenvalue weighted by Gasteiger charge is 2.32. The van der Waals surface area contributed by atoms with Crippen LogP contribution in [0.5, 0.6) is 0 Å². The van der Waals surface area contributed by atoms with Gasteiger partial charge in [0.15, 0.2) is 0 Å². The molecule has 1 aliphatic rings. The summed E-state index contributed by atoms with van der Waals surface area (Å²) in [4.78, 5) is 0. The van der Waals surface area contributed by atoms with Crippen molar-refractivity contribution in [3.05, 3.63) is 65.7 Å². The van der Waals surface area contributed by atoms with Crippen molar-refractivity contribution < 1.29 is 22.6 Å². The van der Waals surface area contributed by atoms with Crippen molar-refractivity contribution in [2.75, 3.05) is 6.61 Å². The molecule has 2 aromatic carbocycles. The zero-order valence-corrected chi connectivity index (χ0v) is 11.4. The SMILES string of the molecule is FC(F)(F)c1ccc(B2OCC(c3ccccc3)=NO2)cc1. The van der Waals surface area contributed by atoms with Gasteiger partial charge in [-0.1, -0.05) is 54.6 Å². The van der Waals surface area contributed by atoms with E-state index in [2.05, 4.69) is 5.16 Å². The number of halogens is 3. The van der Waals surface area contributed by atoms with Crippen LogP contribution < -0.4 is 5.46 Å². The van der Waals surface area contributed by atoms with Crippen LogP contribution in [-0.2, 0) is 15.6 Å². The van der Waals surface area contributed by atoms with Gasteiger partial charge in [0.2, 0.25) is 0 Å². The lowest BCUT2D eigenvalue weighted by Gasteiger charge is -2.19. The maximum absolute atomic E-state index is 12.5. The Morgan fingerprint density at radius 1 is 0.955 bits per heavy atom. The number of nitrogens with zero attached hydrogens (tertiary/aromatic N) is 1. The minimum atomic E-state index is -4.36. The minimum Gasteiger partial charge on any atom is -0.426 e. The summed E-state index contributed by atoms with van der Waals surface area (Å²) in [5, 5.41) is 4.00. The van der Waals surface area contributed by atoms with Gasteiger partial charge in [0, 0.05) is 5.56 Å². The van der Waals surface area contributed by atoms with E-state index < -0.39 is 18.9 Å². The predicted octanol–water partition coefficient (Wildman–Crippen LogP) is 2.85. The first kappa shape index (κ1) is 14.7. The third kappa shape index (κ3) is 3.14. The molecule has 0 aromatic heterocycles. The summed E-state index contributed by atoms with van der Waals surface area (Å²) in [5.74, 6) is 0. The van der Waals surface area contributed by atoms with Gasteiger partial charge >= 0.3 is 13.3 Å². The molecule has 0 aliphatic carbocycles. The zero-order chi connectivity index (χ0) is 15.6. The highest BCUT2D eigenvalue weighted by atomic mass is 19.4. The van der Waals surface area contributed by atoms with E-state index in [0.29, 0.717) is 11.2 Å². The smallest absolute Gasteiger partial charge is 0.426 e. The number of oxime groups is 1. The summed E-state index contributed by atoms with van der Waals surface area (Å²) in [7, 11) is -0.797. The van der Waals surface area contributed by atoms with Gasteiger partial charge in [-0.15, -0.1) is 5.16 Å². The summed E-state index contributed by atoms with van der Waals surface area (Å²) < 4.78 is 48.3. The molecule has 112 valence electrons. The molecule has 0 N–H and O–H groups in total. The molecule has 0 bridgehead atoms. The molecule has 3 rings (SSSR count). The van der Waals surface area contributed by atoms with Crippen LogP contribution in [0.3, 0.4) is 0 Å². The lowest BCUT2D eigenvalue weighted by Crippen LogP contribution is -2.40. The summed E-state index contributed by atoms with van der Waals surface area (Å²) in [6.07, 6.45) is -4.36. The largest absolute Gasteiger partial charge is 0.585 e. The summed E-state index contributed by atoms with van der Waals surface area (Å²) in [5.41, 5.74) is 1.31. The van der Waals surface area contributed by atoms with Crippen molar-refractivity contribution in [3.63, 3.8) is 0 Å². The Labute approximate surface area is 125 Å². The Kier molecular flexibility index (Phi) is 3.89. The van der Waals surface area contributed by atoms with Gasteiger partial charge in [-0.25, -0.2) is 0 Å². The number of benzene rings is 2. The summed E-state index contributed by atoms with van der Waals surface area (Å²) in [6.45, 7) is 0.232. The summed E-state index contributed by atoms with van der Waals surface area (Å²) in [6, 6.07) is 14.1. The fourth-order valence-corrected chi connectivity index (χ4v) is 2.08. The Hall–Kier alpha value is -2.28. The van der Waals surface area contributed by atoms with Gasteiger partial charge in [0.25, 0.3) is 0 Å². The molecule has 22 heavy (non-hydrogen) atoms. The second-order valence-electron chi connectivity index (χ2n) is 4.77. The number of hydrogen-bond donors (Lipinski definition) is 0. The van der Waals surface area contributed by atoms with Crippen LogP contribution in [0, 0.1) is 0 Å². The van der Waals surface area contributed by atoms with Crippen LogP contribution in [0.2, 0.25) is 0 Å². The topological polar surface area (TPSA) is 30.8 Å². The molecule has 0 saturated heterocycles. The van der Waals surface area contributed by atoms with E-state index in [1.54, 1.807) is 0 Å². The van der Waals surface area contributed by atoms with E-state index >= 15 is 0 Å². The normalized spacial score (nSPS) is 15.2. The van der Waals surface area contributed by atoms with Gasteiger partial charge in [0.05, 0.1) is 12.2 Å². The Balaban J connectivity index is 1.72. The van der Waals surface area contributed by atoms with Gasteiger partial charge < -0.3 is 9.41 Å². The fraction of sp³-hybridized carbons (Fsp3) is 0.133. The average molecular weight is 305 g/mol. The van der Waals surface area contributed by atoms with Crippen molar-refractivity contribution in [2.45, 2.75) is 6.18 Å². The van der Waals surface area contributed by atoms with Gasteiger partial charge in [-0.2, -0.15) is 13.2 Å². The van der Waals surface area contributed by atoms with Crippen LogP contribution in [0.15, 0.2) is 59.8 Å². The third-order valence-corrected chi connectivity index (χ3v) is 3.25. The molecule has 0 fully saturated rings. The van der Waals surface area contributed by atoms with Crippen molar-refractivity contribution in [1.82, 2.24) is 0 Å². The Morgan fingerprint density at radius 3 is 2.18 bits per heavy atom. The minimum absolute atomic E-state index is 0.232. The van der Waals surface area contributed by atoms with Gasteiger partial charge in [-0.3, -0.25) is 0 Å². The van der Waals surface area contributed by atoms with Crippen LogP contribution in [0.1, 0.15) is 11.1 Å². The molecule has 0 radical (unpaired) electrons. The van der Waals surface area contributed by atoms with E-state index in [-0.39, 0.29) is 6.61 Å². The maximum Gasteiger partial charge on any atom is 0.585 e. The van der Waals surface area contributed by atoms with E-state index in [9.17, 15) is 13.2 Å². The van der Waals surface area contributed by atoms with Crippen molar-refractivity contribution in [1.29, 1.82) is 0 Å². The van der Waals surface area contributed by atoms with Crippen molar-refractivity contribution in [3.8, 4) is 0 Å². The first-order valence-electron chi connectivity index (χ1n) is 6.61. The molecular formula is C15H11BF3NO2. The van der Waals surface area contributed by atoms with Crippen LogP contribution >= 0.6 is 0 Å². The first-order chi connectivity index (χ1) is 10.5. The number of alkyl halides is 3. The van der Waals surface area contributed by atoms with Crippen molar-refractivity contribution in [2.24, 2.45) is 5.16 Å². The molecular weight excluding hydrogens is 294 g/mol. The highest BCUT2D eigenvalue weighted by Crippen LogP contribution is 2.28. The molecule has 1 aliphatic heterocycles. The second kappa shape index (κ2) is 5.85.